The van der Waals surface area contributed by atoms with Crippen LogP contribution >= 0.6 is 23.2 Å². The third kappa shape index (κ3) is 3.38. The highest BCUT2D eigenvalue weighted by Crippen LogP contribution is 2.18. The number of hydrazine groups is 1. The van der Waals surface area contributed by atoms with Gasteiger partial charge in [-0.2, -0.15) is 0 Å². The molecule has 8 nitrogen and oxygen atoms in total. The lowest BCUT2D eigenvalue weighted by molar-refractivity contribution is -0.142. The number of azide groups is 1. The molecule has 0 aliphatic carbocycles. The highest BCUT2D eigenvalue weighted by Gasteiger charge is 2.24. The summed E-state index contributed by atoms with van der Waals surface area (Å²) in [5, 5.41) is 6.17. The number of carbonyl (C=O) groups is 2. The van der Waals surface area contributed by atoms with Crippen LogP contribution in [0.25, 0.3) is 10.4 Å². The number of ketones is 1. The SMILES string of the molecule is [N-]=[N+]=NCC(=O)C(=O)N(N)C1=C(Cl)NC(Cl)C=C1. The van der Waals surface area contributed by atoms with Crippen LogP contribution in [0.5, 0.6) is 0 Å². The fourth-order valence-electron chi connectivity index (χ4n) is 1.09. The van der Waals surface area contributed by atoms with E-state index in [9.17, 15) is 9.59 Å². The van der Waals surface area contributed by atoms with E-state index in [2.05, 4.69) is 15.3 Å². The molecule has 1 atom stereocenters. The molecule has 18 heavy (non-hydrogen) atoms. The van der Waals surface area contributed by atoms with Crippen molar-refractivity contribution in [1.29, 1.82) is 0 Å². The summed E-state index contributed by atoms with van der Waals surface area (Å²) in [6.45, 7) is -0.608. The molecule has 1 aliphatic rings. The van der Waals surface area contributed by atoms with Crippen LogP contribution in [0.3, 0.4) is 0 Å². The molecular weight excluding hydrogens is 283 g/mol. The number of nitrogens with zero attached hydrogens (tertiary/aromatic N) is 4. The van der Waals surface area contributed by atoms with Crippen LogP contribution in [0.2, 0.25) is 0 Å². The summed E-state index contributed by atoms with van der Waals surface area (Å²) in [5.74, 6) is 3.46. The van der Waals surface area contributed by atoms with Crippen LogP contribution in [0, 0.1) is 0 Å². The molecule has 0 aromatic carbocycles. The highest BCUT2D eigenvalue weighted by atomic mass is 35.5. The molecule has 0 aromatic heterocycles. The average molecular weight is 291 g/mol. The van der Waals surface area contributed by atoms with Gasteiger partial charge in [-0.3, -0.25) is 9.59 Å². The van der Waals surface area contributed by atoms with Crippen molar-refractivity contribution in [3.63, 3.8) is 0 Å². The van der Waals surface area contributed by atoms with E-state index in [4.69, 9.17) is 34.6 Å². The first-order chi connectivity index (χ1) is 8.47. The number of halogens is 2. The predicted octanol–water partition coefficient (Wildman–Crippen LogP) is 0.700. The molecule has 0 radical (unpaired) electrons. The number of alkyl halides is 1. The summed E-state index contributed by atoms with van der Waals surface area (Å²) in [5.41, 5.74) is 7.61. The molecule has 1 aliphatic heterocycles. The van der Waals surface area contributed by atoms with E-state index in [1.165, 1.54) is 12.2 Å². The van der Waals surface area contributed by atoms with Crippen LogP contribution in [0.15, 0.2) is 28.1 Å². The average Bonchev–Trinajstić information content (AvgIpc) is 2.34. The Bertz CT molecular complexity index is 482. The number of dihydropyridines is 1. The molecule has 1 amide bonds. The lowest BCUT2D eigenvalue weighted by Crippen LogP contribution is -2.43. The van der Waals surface area contributed by atoms with Gasteiger partial charge in [0.25, 0.3) is 0 Å². The van der Waals surface area contributed by atoms with E-state index >= 15 is 0 Å². The zero-order valence-electron chi connectivity index (χ0n) is 8.88. The molecule has 96 valence electrons. The van der Waals surface area contributed by atoms with Gasteiger partial charge < -0.3 is 5.32 Å². The van der Waals surface area contributed by atoms with Gasteiger partial charge >= 0.3 is 5.91 Å². The smallest absolute Gasteiger partial charge is 0.308 e. The van der Waals surface area contributed by atoms with Crippen LogP contribution in [-0.4, -0.2) is 28.7 Å². The number of allylic oxidation sites excluding steroid dienone is 1. The minimum absolute atomic E-state index is 0.0323. The Morgan fingerprint density at radius 2 is 2.33 bits per heavy atom. The Kier molecular flexibility index (Phi) is 4.99. The van der Waals surface area contributed by atoms with Gasteiger partial charge in [-0.05, 0) is 17.7 Å². The monoisotopic (exact) mass is 290 g/mol. The van der Waals surface area contributed by atoms with Crippen molar-refractivity contribution in [3.8, 4) is 0 Å². The molecule has 0 fully saturated rings. The second kappa shape index (κ2) is 6.27. The Hall–Kier alpha value is -1.73. The summed E-state index contributed by atoms with van der Waals surface area (Å²) < 4.78 is 0. The van der Waals surface area contributed by atoms with E-state index < -0.39 is 23.7 Å². The number of rotatable bonds is 4. The highest BCUT2D eigenvalue weighted by molar-refractivity contribution is 6.37. The summed E-state index contributed by atoms with van der Waals surface area (Å²) in [7, 11) is 0. The normalized spacial score (nSPS) is 17.8. The number of nitrogens with two attached hydrogens (primary N) is 1. The van der Waals surface area contributed by atoms with E-state index in [1.54, 1.807) is 0 Å². The molecule has 1 heterocycles. The second-order valence-electron chi connectivity index (χ2n) is 3.09. The molecule has 10 heteroatoms. The van der Waals surface area contributed by atoms with Gasteiger partial charge in [0.05, 0.1) is 12.2 Å². The van der Waals surface area contributed by atoms with Crippen molar-refractivity contribution in [2.24, 2.45) is 11.0 Å². The fraction of sp³-hybridized carbons (Fsp3) is 0.250. The van der Waals surface area contributed by atoms with Gasteiger partial charge in [-0.1, -0.05) is 28.3 Å². The van der Waals surface area contributed by atoms with E-state index in [0.717, 1.165) is 0 Å². The van der Waals surface area contributed by atoms with Crippen molar-refractivity contribution in [1.82, 2.24) is 10.3 Å². The predicted molar refractivity (Wildman–Crippen MR) is 64.8 cm³/mol. The third-order valence-corrected chi connectivity index (χ3v) is 2.46. The van der Waals surface area contributed by atoms with E-state index in [-0.39, 0.29) is 10.9 Å². The van der Waals surface area contributed by atoms with E-state index in [0.29, 0.717) is 5.01 Å². The maximum Gasteiger partial charge on any atom is 0.308 e. The molecule has 0 saturated carbocycles. The summed E-state index contributed by atoms with van der Waals surface area (Å²) in [6.07, 6.45) is 2.89. The molecule has 0 bridgehead atoms. The van der Waals surface area contributed by atoms with Crippen molar-refractivity contribution >= 4 is 34.9 Å². The van der Waals surface area contributed by atoms with Crippen LogP contribution in [0.4, 0.5) is 0 Å². The van der Waals surface area contributed by atoms with Crippen molar-refractivity contribution in [2.75, 3.05) is 6.54 Å². The fourth-order valence-corrected chi connectivity index (χ4v) is 1.59. The minimum Gasteiger partial charge on any atom is -0.355 e. The number of carbonyl (C=O) groups excluding carboxylic acids is 2. The Balaban J connectivity index is 2.82. The van der Waals surface area contributed by atoms with Crippen molar-refractivity contribution < 1.29 is 9.59 Å². The quantitative estimate of drug-likeness (QED) is 0.0910. The largest absolute Gasteiger partial charge is 0.355 e. The number of hydrogen-bond acceptors (Lipinski definition) is 5. The number of nitrogens with one attached hydrogen (secondary N) is 1. The number of Topliss-reactive ketones (excluding diaryl/α,β-unsaturated/α-hetero) is 1. The molecule has 3 N–H and O–H groups in total. The second-order valence-corrected chi connectivity index (χ2v) is 3.94. The first-order valence-electron chi connectivity index (χ1n) is 4.58. The van der Waals surface area contributed by atoms with Crippen LogP contribution in [-0.2, 0) is 9.59 Å². The Morgan fingerprint density at radius 3 is 2.89 bits per heavy atom. The van der Waals surface area contributed by atoms with Gasteiger partial charge in [-0.25, -0.2) is 10.9 Å². The maximum atomic E-state index is 11.6. The van der Waals surface area contributed by atoms with Gasteiger partial charge in [0.2, 0.25) is 5.78 Å². The third-order valence-electron chi connectivity index (χ3n) is 1.91. The summed E-state index contributed by atoms with van der Waals surface area (Å²) in [6, 6.07) is 0. The van der Waals surface area contributed by atoms with Gasteiger partial charge in [0.1, 0.15) is 10.7 Å². The van der Waals surface area contributed by atoms with Crippen molar-refractivity contribution in [2.45, 2.75) is 5.50 Å². The lowest BCUT2D eigenvalue weighted by Gasteiger charge is -2.23. The zero-order valence-corrected chi connectivity index (χ0v) is 10.4. The topological polar surface area (TPSA) is 124 Å². The maximum absolute atomic E-state index is 11.6. The van der Waals surface area contributed by atoms with Crippen molar-refractivity contribution in [3.05, 3.63) is 33.4 Å². The zero-order chi connectivity index (χ0) is 13.7. The summed E-state index contributed by atoms with van der Waals surface area (Å²) >= 11 is 11.5. The molecule has 0 aromatic rings. The lowest BCUT2D eigenvalue weighted by atomic mass is 10.3. The Labute approximate surface area is 112 Å². The first-order valence-corrected chi connectivity index (χ1v) is 5.40. The molecule has 1 rings (SSSR count). The standard InChI is InChI=1S/C8H8Cl2N6O2/c9-6-2-1-4(7(10)14-6)16(12)8(18)5(17)3-13-15-11/h1-2,6,14H,3,12H2. The molecule has 0 saturated heterocycles. The minimum atomic E-state index is -1.05. The van der Waals surface area contributed by atoms with Gasteiger partial charge in [0.15, 0.2) is 0 Å². The van der Waals surface area contributed by atoms with Gasteiger partial charge in [-0.15, -0.1) is 0 Å². The number of hydrogen-bond donors (Lipinski definition) is 2. The number of amides is 1. The van der Waals surface area contributed by atoms with Crippen LogP contribution in [0.1, 0.15) is 0 Å². The summed E-state index contributed by atoms with van der Waals surface area (Å²) in [4.78, 5) is 25.2. The van der Waals surface area contributed by atoms with E-state index in [1.807, 2.05) is 0 Å². The first kappa shape index (κ1) is 14.3. The molecule has 0 spiro atoms. The molecule has 1 unspecified atom stereocenters. The molecular formula is C8H8Cl2N6O2. The Morgan fingerprint density at radius 1 is 1.67 bits per heavy atom. The van der Waals surface area contributed by atoms with Crippen LogP contribution < -0.4 is 11.2 Å². The van der Waals surface area contributed by atoms with Gasteiger partial charge in [0, 0.05) is 4.91 Å².